The summed E-state index contributed by atoms with van der Waals surface area (Å²) in [5.74, 6) is 1.36. The van der Waals surface area contributed by atoms with Gasteiger partial charge in [0.2, 0.25) is 0 Å². The minimum absolute atomic E-state index is 0.112. The molecule has 0 radical (unpaired) electrons. The molecule has 1 fully saturated rings. The van der Waals surface area contributed by atoms with Crippen molar-refractivity contribution in [3.05, 3.63) is 30.5 Å². The van der Waals surface area contributed by atoms with Gasteiger partial charge in [0.1, 0.15) is 5.82 Å². The summed E-state index contributed by atoms with van der Waals surface area (Å²) >= 11 is 0. The van der Waals surface area contributed by atoms with Gasteiger partial charge in [0.25, 0.3) is 0 Å². The molecule has 3 rings (SSSR count). The van der Waals surface area contributed by atoms with E-state index in [4.69, 9.17) is 0 Å². The molecule has 4 nitrogen and oxygen atoms in total. The summed E-state index contributed by atoms with van der Waals surface area (Å²) in [6, 6.07) is 7.85. The fraction of sp³-hybridized carbons (Fsp3) is 0.429. The fourth-order valence-electron chi connectivity index (χ4n) is 2.53. The van der Waals surface area contributed by atoms with E-state index in [9.17, 15) is 5.11 Å². The van der Waals surface area contributed by atoms with Crippen LogP contribution < -0.4 is 5.32 Å². The molecule has 94 valence electrons. The van der Waals surface area contributed by atoms with E-state index in [-0.39, 0.29) is 6.10 Å². The molecule has 1 saturated carbocycles. The lowest BCUT2D eigenvalue weighted by Crippen LogP contribution is -2.13. The van der Waals surface area contributed by atoms with E-state index in [1.54, 1.807) is 6.20 Å². The van der Waals surface area contributed by atoms with Crippen LogP contribution in [0.4, 0.5) is 5.82 Å². The Hall–Kier alpha value is -1.68. The first kappa shape index (κ1) is 11.4. The van der Waals surface area contributed by atoms with Crippen molar-refractivity contribution in [3.8, 4) is 0 Å². The summed E-state index contributed by atoms with van der Waals surface area (Å²) in [4.78, 5) is 8.89. The first-order chi connectivity index (χ1) is 8.81. The second-order valence-corrected chi connectivity index (χ2v) is 4.96. The Bertz CT molecular complexity index is 543. The molecule has 4 heteroatoms. The fourth-order valence-corrected chi connectivity index (χ4v) is 2.53. The number of hydrogen-bond acceptors (Lipinski definition) is 4. The average molecular weight is 243 g/mol. The van der Waals surface area contributed by atoms with Crippen molar-refractivity contribution in [1.82, 2.24) is 9.97 Å². The molecule has 1 heterocycles. The van der Waals surface area contributed by atoms with E-state index in [2.05, 4.69) is 15.3 Å². The SMILES string of the molecule is OC1CCC(CNc2cnc3ccccc3n2)C1. The first-order valence-corrected chi connectivity index (χ1v) is 6.45. The van der Waals surface area contributed by atoms with Crippen LogP contribution in [0, 0.1) is 5.92 Å². The van der Waals surface area contributed by atoms with Crippen LogP contribution in [0.5, 0.6) is 0 Å². The molecule has 2 unspecified atom stereocenters. The Morgan fingerprint density at radius 1 is 1.22 bits per heavy atom. The minimum Gasteiger partial charge on any atom is -0.393 e. The van der Waals surface area contributed by atoms with E-state index in [0.29, 0.717) is 5.92 Å². The topological polar surface area (TPSA) is 58.0 Å². The van der Waals surface area contributed by atoms with Crippen molar-refractivity contribution in [1.29, 1.82) is 0 Å². The number of rotatable bonds is 3. The number of para-hydroxylation sites is 2. The molecular weight excluding hydrogens is 226 g/mol. The quantitative estimate of drug-likeness (QED) is 0.867. The van der Waals surface area contributed by atoms with Crippen molar-refractivity contribution in [2.75, 3.05) is 11.9 Å². The molecule has 2 atom stereocenters. The van der Waals surface area contributed by atoms with Gasteiger partial charge >= 0.3 is 0 Å². The molecule has 0 spiro atoms. The van der Waals surface area contributed by atoms with Gasteiger partial charge in [0, 0.05) is 6.54 Å². The summed E-state index contributed by atoms with van der Waals surface area (Å²) in [5.41, 5.74) is 1.83. The van der Waals surface area contributed by atoms with Crippen LogP contribution in [0.25, 0.3) is 11.0 Å². The summed E-state index contributed by atoms with van der Waals surface area (Å²) in [7, 11) is 0. The summed E-state index contributed by atoms with van der Waals surface area (Å²) in [6.07, 6.45) is 4.58. The molecule has 2 N–H and O–H groups in total. The second-order valence-electron chi connectivity index (χ2n) is 4.96. The number of aliphatic hydroxyl groups excluding tert-OH is 1. The third kappa shape index (κ3) is 2.43. The van der Waals surface area contributed by atoms with Gasteiger partial charge in [-0.25, -0.2) is 4.98 Å². The summed E-state index contributed by atoms with van der Waals surface area (Å²) < 4.78 is 0. The van der Waals surface area contributed by atoms with Gasteiger partial charge in [0.15, 0.2) is 0 Å². The number of benzene rings is 1. The number of nitrogens with one attached hydrogen (secondary N) is 1. The van der Waals surface area contributed by atoms with Crippen LogP contribution in [0.3, 0.4) is 0 Å². The zero-order valence-corrected chi connectivity index (χ0v) is 10.2. The van der Waals surface area contributed by atoms with Gasteiger partial charge in [-0.2, -0.15) is 0 Å². The van der Waals surface area contributed by atoms with Crippen LogP contribution in [0.15, 0.2) is 30.5 Å². The van der Waals surface area contributed by atoms with E-state index in [1.807, 2.05) is 24.3 Å². The molecule has 0 aliphatic heterocycles. The lowest BCUT2D eigenvalue weighted by Gasteiger charge is -2.11. The van der Waals surface area contributed by atoms with Gasteiger partial charge < -0.3 is 10.4 Å². The first-order valence-electron chi connectivity index (χ1n) is 6.45. The number of fused-ring (bicyclic) bond motifs is 1. The minimum atomic E-state index is -0.112. The lowest BCUT2D eigenvalue weighted by atomic mass is 10.1. The second kappa shape index (κ2) is 4.90. The highest BCUT2D eigenvalue weighted by Gasteiger charge is 2.22. The predicted molar refractivity (Wildman–Crippen MR) is 71.4 cm³/mol. The van der Waals surface area contributed by atoms with Gasteiger partial charge in [-0.1, -0.05) is 12.1 Å². The summed E-state index contributed by atoms with van der Waals surface area (Å²) in [6.45, 7) is 0.865. The van der Waals surface area contributed by atoms with Crippen molar-refractivity contribution in [3.63, 3.8) is 0 Å². The Morgan fingerprint density at radius 2 is 2.06 bits per heavy atom. The Kier molecular flexibility index (Phi) is 3.11. The molecule has 1 aromatic carbocycles. The van der Waals surface area contributed by atoms with Crippen molar-refractivity contribution in [2.24, 2.45) is 5.92 Å². The molecule has 0 amide bonds. The summed E-state index contributed by atoms with van der Waals surface area (Å²) in [5, 5.41) is 12.8. The number of hydrogen-bond donors (Lipinski definition) is 2. The van der Waals surface area contributed by atoms with E-state index in [1.165, 1.54) is 0 Å². The smallest absolute Gasteiger partial charge is 0.145 e. The van der Waals surface area contributed by atoms with Crippen molar-refractivity contribution >= 4 is 16.9 Å². The number of nitrogens with zero attached hydrogens (tertiary/aromatic N) is 2. The van der Waals surface area contributed by atoms with E-state index < -0.39 is 0 Å². The van der Waals surface area contributed by atoms with E-state index >= 15 is 0 Å². The molecule has 1 aliphatic carbocycles. The Morgan fingerprint density at radius 3 is 2.83 bits per heavy atom. The third-order valence-electron chi connectivity index (χ3n) is 3.53. The van der Waals surface area contributed by atoms with Crippen LogP contribution in [-0.4, -0.2) is 27.7 Å². The highest BCUT2D eigenvalue weighted by atomic mass is 16.3. The Labute approximate surface area is 106 Å². The highest BCUT2D eigenvalue weighted by molar-refractivity contribution is 5.75. The Balaban J connectivity index is 1.67. The molecular formula is C14H17N3O. The maximum Gasteiger partial charge on any atom is 0.145 e. The van der Waals surface area contributed by atoms with Crippen LogP contribution >= 0.6 is 0 Å². The van der Waals surface area contributed by atoms with Gasteiger partial charge in [-0.05, 0) is 37.3 Å². The number of aliphatic hydroxyl groups is 1. The lowest BCUT2D eigenvalue weighted by molar-refractivity contribution is 0.178. The molecule has 0 bridgehead atoms. The molecule has 2 aromatic rings. The normalized spacial score (nSPS) is 23.4. The van der Waals surface area contributed by atoms with Crippen molar-refractivity contribution in [2.45, 2.75) is 25.4 Å². The van der Waals surface area contributed by atoms with Gasteiger partial charge in [-0.3, -0.25) is 4.98 Å². The molecule has 18 heavy (non-hydrogen) atoms. The van der Waals surface area contributed by atoms with Crippen LogP contribution in [0.2, 0.25) is 0 Å². The zero-order chi connectivity index (χ0) is 12.4. The molecule has 1 aliphatic rings. The van der Waals surface area contributed by atoms with Crippen LogP contribution in [-0.2, 0) is 0 Å². The largest absolute Gasteiger partial charge is 0.393 e. The van der Waals surface area contributed by atoms with Crippen LogP contribution in [0.1, 0.15) is 19.3 Å². The average Bonchev–Trinajstić information content (AvgIpc) is 2.82. The maximum absolute atomic E-state index is 9.48. The van der Waals surface area contributed by atoms with E-state index in [0.717, 1.165) is 42.7 Å². The van der Waals surface area contributed by atoms with Crippen molar-refractivity contribution < 1.29 is 5.11 Å². The number of anilines is 1. The third-order valence-corrected chi connectivity index (χ3v) is 3.53. The number of aromatic nitrogens is 2. The monoisotopic (exact) mass is 243 g/mol. The maximum atomic E-state index is 9.48. The predicted octanol–water partition coefficient (Wildman–Crippen LogP) is 2.20. The van der Waals surface area contributed by atoms with Gasteiger partial charge in [0.05, 0.1) is 23.3 Å². The zero-order valence-electron chi connectivity index (χ0n) is 10.2. The standard InChI is InChI=1S/C14H17N3O/c18-11-6-5-10(7-11)8-16-14-9-15-12-3-1-2-4-13(12)17-14/h1-4,9-11,18H,5-8H2,(H,16,17). The molecule has 0 saturated heterocycles. The highest BCUT2D eigenvalue weighted by Crippen LogP contribution is 2.25. The van der Waals surface area contributed by atoms with Gasteiger partial charge in [-0.15, -0.1) is 0 Å². The molecule has 1 aromatic heterocycles.